The molecule has 0 radical (unpaired) electrons. The summed E-state index contributed by atoms with van der Waals surface area (Å²) in [4.78, 5) is 1.37. The normalized spacial score (nSPS) is 14.3. The Morgan fingerprint density at radius 2 is 2.21 bits per heavy atom. The Morgan fingerprint density at radius 1 is 1.50 bits per heavy atom. The first-order valence-electron chi connectivity index (χ1n) is 4.99. The fourth-order valence-electron chi connectivity index (χ4n) is 1.07. The van der Waals surface area contributed by atoms with Crippen molar-refractivity contribution in [2.45, 2.75) is 33.4 Å². The van der Waals surface area contributed by atoms with E-state index in [4.69, 9.17) is 5.73 Å². The minimum Gasteiger partial charge on any atom is -0.326 e. The lowest BCUT2D eigenvalue weighted by Crippen LogP contribution is -2.43. The number of nitrogens with one attached hydrogen (secondary N) is 1. The maximum absolute atomic E-state index is 6.03. The zero-order valence-corrected chi connectivity index (χ0v) is 10.0. The van der Waals surface area contributed by atoms with Gasteiger partial charge in [-0.2, -0.15) is 0 Å². The number of hydrogen-bond acceptors (Lipinski definition) is 3. The Hall–Kier alpha value is -0.380. The molecule has 1 atom stereocenters. The van der Waals surface area contributed by atoms with Crippen molar-refractivity contribution in [1.29, 1.82) is 0 Å². The first kappa shape index (κ1) is 11.7. The maximum atomic E-state index is 6.03. The van der Waals surface area contributed by atoms with Crippen LogP contribution in [0.1, 0.15) is 25.6 Å². The Morgan fingerprint density at radius 3 is 2.71 bits per heavy atom. The Labute approximate surface area is 90.5 Å². The van der Waals surface area contributed by atoms with Crippen LogP contribution in [0, 0.1) is 5.41 Å². The van der Waals surface area contributed by atoms with Crippen molar-refractivity contribution in [3.05, 3.63) is 22.4 Å². The van der Waals surface area contributed by atoms with Gasteiger partial charge in [0.05, 0.1) is 0 Å². The van der Waals surface area contributed by atoms with E-state index in [2.05, 4.69) is 43.6 Å². The van der Waals surface area contributed by atoms with E-state index in [1.807, 2.05) is 0 Å². The van der Waals surface area contributed by atoms with E-state index in [1.54, 1.807) is 11.3 Å². The van der Waals surface area contributed by atoms with E-state index >= 15 is 0 Å². The average molecular weight is 212 g/mol. The predicted molar refractivity (Wildman–Crippen MR) is 63.5 cm³/mol. The van der Waals surface area contributed by atoms with Gasteiger partial charge in [-0.25, -0.2) is 0 Å². The monoisotopic (exact) mass is 212 g/mol. The molecule has 1 aromatic heterocycles. The molecule has 2 nitrogen and oxygen atoms in total. The quantitative estimate of drug-likeness (QED) is 0.803. The molecule has 0 aliphatic heterocycles. The Bertz CT molecular complexity index is 249. The summed E-state index contributed by atoms with van der Waals surface area (Å²) in [6.07, 6.45) is 0. The lowest BCUT2D eigenvalue weighted by Gasteiger charge is -2.27. The molecule has 0 bridgehead atoms. The molecule has 1 unspecified atom stereocenters. The highest BCUT2D eigenvalue weighted by atomic mass is 32.1. The van der Waals surface area contributed by atoms with Gasteiger partial charge in [-0.05, 0) is 16.9 Å². The van der Waals surface area contributed by atoms with Gasteiger partial charge in [0, 0.05) is 24.0 Å². The van der Waals surface area contributed by atoms with Gasteiger partial charge in [-0.15, -0.1) is 11.3 Å². The summed E-state index contributed by atoms with van der Waals surface area (Å²) < 4.78 is 0. The zero-order valence-electron chi connectivity index (χ0n) is 9.21. The summed E-state index contributed by atoms with van der Waals surface area (Å²) >= 11 is 1.78. The van der Waals surface area contributed by atoms with Crippen molar-refractivity contribution < 1.29 is 0 Å². The molecule has 0 aromatic carbocycles. The first-order chi connectivity index (χ1) is 6.50. The second-order valence-corrected chi connectivity index (χ2v) is 5.72. The lowest BCUT2D eigenvalue weighted by molar-refractivity contribution is 0.309. The van der Waals surface area contributed by atoms with Gasteiger partial charge in [-0.3, -0.25) is 0 Å². The highest BCUT2D eigenvalue weighted by Gasteiger charge is 2.19. The topological polar surface area (TPSA) is 38.0 Å². The molecule has 0 aliphatic carbocycles. The molecule has 0 amide bonds. The number of rotatable bonds is 4. The van der Waals surface area contributed by atoms with Crippen molar-refractivity contribution in [1.82, 2.24) is 5.32 Å². The Balaban J connectivity index is 2.22. The fraction of sp³-hybridized carbons (Fsp3) is 0.636. The van der Waals surface area contributed by atoms with Crippen molar-refractivity contribution in [2.75, 3.05) is 6.54 Å². The number of nitrogens with two attached hydrogens (primary N) is 1. The zero-order chi connectivity index (χ0) is 10.6. The number of hydrogen-bond donors (Lipinski definition) is 2. The highest BCUT2D eigenvalue weighted by Crippen LogP contribution is 2.16. The van der Waals surface area contributed by atoms with Crippen LogP contribution in [0.15, 0.2) is 17.5 Å². The molecular formula is C11H20N2S. The van der Waals surface area contributed by atoms with Gasteiger partial charge in [-0.1, -0.05) is 26.8 Å². The SMILES string of the molecule is CC(C)(C)C(N)CNCc1cccs1. The van der Waals surface area contributed by atoms with Crippen molar-refractivity contribution >= 4 is 11.3 Å². The fourth-order valence-corrected chi connectivity index (χ4v) is 1.74. The molecule has 1 rings (SSSR count). The third kappa shape index (κ3) is 3.78. The van der Waals surface area contributed by atoms with E-state index in [0.29, 0.717) is 0 Å². The van der Waals surface area contributed by atoms with Crippen LogP contribution in [0.3, 0.4) is 0 Å². The van der Waals surface area contributed by atoms with Crippen LogP contribution in [-0.2, 0) is 6.54 Å². The van der Waals surface area contributed by atoms with Gasteiger partial charge in [0.15, 0.2) is 0 Å². The first-order valence-corrected chi connectivity index (χ1v) is 5.87. The minimum absolute atomic E-state index is 0.183. The summed E-state index contributed by atoms with van der Waals surface area (Å²) in [7, 11) is 0. The van der Waals surface area contributed by atoms with Crippen LogP contribution < -0.4 is 11.1 Å². The molecule has 0 fully saturated rings. The largest absolute Gasteiger partial charge is 0.326 e. The van der Waals surface area contributed by atoms with Gasteiger partial charge >= 0.3 is 0 Å². The van der Waals surface area contributed by atoms with E-state index in [1.165, 1.54) is 4.88 Å². The van der Waals surface area contributed by atoms with Crippen LogP contribution in [0.4, 0.5) is 0 Å². The van der Waals surface area contributed by atoms with E-state index in [9.17, 15) is 0 Å². The Kier molecular flexibility index (Phi) is 4.11. The van der Waals surface area contributed by atoms with Crippen LogP contribution >= 0.6 is 11.3 Å². The summed E-state index contributed by atoms with van der Waals surface area (Å²) in [5.74, 6) is 0. The van der Waals surface area contributed by atoms with Gasteiger partial charge in [0.1, 0.15) is 0 Å². The van der Waals surface area contributed by atoms with Crippen LogP contribution in [0.25, 0.3) is 0 Å². The second kappa shape index (κ2) is 4.91. The van der Waals surface area contributed by atoms with E-state index in [-0.39, 0.29) is 11.5 Å². The van der Waals surface area contributed by atoms with Crippen LogP contribution in [0.5, 0.6) is 0 Å². The number of thiophene rings is 1. The van der Waals surface area contributed by atoms with Gasteiger partial charge in [0.25, 0.3) is 0 Å². The molecule has 0 saturated heterocycles. The average Bonchev–Trinajstić information content (AvgIpc) is 2.55. The molecule has 1 aromatic rings. The molecule has 1 heterocycles. The maximum Gasteiger partial charge on any atom is 0.0300 e. The van der Waals surface area contributed by atoms with Crippen molar-refractivity contribution in [2.24, 2.45) is 11.1 Å². The second-order valence-electron chi connectivity index (χ2n) is 4.68. The van der Waals surface area contributed by atoms with E-state index < -0.39 is 0 Å². The summed E-state index contributed by atoms with van der Waals surface area (Å²) in [5.41, 5.74) is 6.21. The van der Waals surface area contributed by atoms with Crippen molar-refractivity contribution in [3.8, 4) is 0 Å². The molecule has 0 saturated carbocycles. The van der Waals surface area contributed by atoms with Crippen LogP contribution in [0.2, 0.25) is 0 Å². The smallest absolute Gasteiger partial charge is 0.0300 e. The summed E-state index contributed by atoms with van der Waals surface area (Å²) in [6.45, 7) is 8.32. The molecule has 14 heavy (non-hydrogen) atoms. The van der Waals surface area contributed by atoms with E-state index in [0.717, 1.165) is 13.1 Å². The van der Waals surface area contributed by atoms with Crippen LogP contribution in [-0.4, -0.2) is 12.6 Å². The molecule has 0 spiro atoms. The molecule has 80 valence electrons. The standard InChI is InChI=1S/C11H20N2S/c1-11(2,3)10(12)8-13-7-9-5-4-6-14-9/h4-6,10,13H,7-8,12H2,1-3H3. The lowest BCUT2D eigenvalue weighted by atomic mass is 9.87. The summed E-state index contributed by atoms with van der Waals surface area (Å²) in [6, 6.07) is 4.42. The molecule has 3 heteroatoms. The molecule has 0 aliphatic rings. The van der Waals surface area contributed by atoms with Gasteiger partial charge < -0.3 is 11.1 Å². The molecule has 3 N–H and O–H groups in total. The van der Waals surface area contributed by atoms with Crippen molar-refractivity contribution in [3.63, 3.8) is 0 Å². The predicted octanol–water partition coefficient (Wildman–Crippen LogP) is 2.21. The highest BCUT2D eigenvalue weighted by molar-refractivity contribution is 7.09. The molecular weight excluding hydrogens is 192 g/mol. The third-order valence-corrected chi connectivity index (χ3v) is 3.23. The minimum atomic E-state index is 0.183. The summed E-state index contributed by atoms with van der Waals surface area (Å²) in [5, 5.41) is 5.48. The third-order valence-electron chi connectivity index (χ3n) is 2.36. The van der Waals surface area contributed by atoms with Gasteiger partial charge in [0.2, 0.25) is 0 Å².